The van der Waals surface area contributed by atoms with Crippen LogP contribution in [0, 0.1) is 13.8 Å². The quantitative estimate of drug-likeness (QED) is 0.846. The first-order valence-corrected chi connectivity index (χ1v) is 5.52. The average Bonchev–Trinajstić information content (AvgIpc) is 2.20. The Balaban J connectivity index is 3.49. The molecule has 2 N–H and O–H groups in total. The summed E-state index contributed by atoms with van der Waals surface area (Å²) in [4.78, 5) is 22.3. The van der Waals surface area contributed by atoms with Gasteiger partial charge in [-0.05, 0) is 37.0 Å². The summed E-state index contributed by atoms with van der Waals surface area (Å²) in [5.41, 5.74) is 3.19. The number of carbonyl (C=O) groups excluding carboxylic acids is 1. The van der Waals surface area contributed by atoms with Crippen LogP contribution in [-0.2, 0) is 11.2 Å². The molecule has 17 heavy (non-hydrogen) atoms. The highest BCUT2D eigenvalue weighted by molar-refractivity contribution is 5.97. The standard InChI is InChI=1S/C13H17NO3/c1-5-10-6-7(2)11(13(16)17)8(3)12(10)14-9(4)15/h6H,5H2,1-4H3,(H,14,15)(H,16,17). The Kier molecular flexibility index (Phi) is 3.89. The van der Waals surface area contributed by atoms with Crippen molar-refractivity contribution in [3.8, 4) is 0 Å². The Morgan fingerprint density at radius 2 is 1.94 bits per heavy atom. The maximum atomic E-state index is 11.2. The Hall–Kier alpha value is -1.84. The van der Waals surface area contributed by atoms with E-state index in [1.807, 2.05) is 13.0 Å². The third-order valence-corrected chi connectivity index (χ3v) is 2.75. The fourth-order valence-electron chi connectivity index (χ4n) is 2.03. The molecule has 1 aromatic rings. The molecule has 1 rings (SSSR count). The van der Waals surface area contributed by atoms with Gasteiger partial charge in [0.25, 0.3) is 0 Å². The van der Waals surface area contributed by atoms with Gasteiger partial charge in [-0.15, -0.1) is 0 Å². The summed E-state index contributed by atoms with van der Waals surface area (Å²) in [6.45, 7) is 6.88. The molecule has 0 spiro atoms. The van der Waals surface area contributed by atoms with Gasteiger partial charge in [-0.25, -0.2) is 4.79 Å². The van der Waals surface area contributed by atoms with Crippen molar-refractivity contribution in [2.45, 2.75) is 34.1 Å². The van der Waals surface area contributed by atoms with Crippen molar-refractivity contribution in [3.63, 3.8) is 0 Å². The monoisotopic (exact) mass is 235 g/mol. The van der Waals surface area contributed by atoms with Crippen molar-refractivity contribution in [2.75, 3.05) is 5.32 Å². The fraction of sp³-hybridized carbons (Fsp3) is 0.385. The molecular formula is C13H17NO3. The second kappa shape index (κ2) is 4.99. The first kappa shape index (κ1) is 13.2. The minimum Gasteiger partial charge on any atom is -0.478 e. The van der Waals surface area contributed by atoms with Gasteiger partial charge in [0.1, 0.15) is 0 Å². The van der Waals surface area contributed by atoms with Crippen LogP contribution >= 0.6 is 0 Å². The van der Waals surface area contributed by atoms with Crippen LogP contribution < -0.4 is 5.32 Å². The highest BCUT2D eigenvalue weighted by Crippen LogP contribution is 2.28. The molecule has 4 nitrogen and oxygen atoms in total. The third-order valence-electron chi connectivity index (χ3n) is 2.75. The highest BCUT2D eigenvalue weighted by Gasteiger charge is 2.17. The zero-order valence-corrected chi connectivity index (χ0v) is 10.5. The van der Waals surface area contributed by atoms with E-state index >= 15 is 0 Å². The summed E-state index contributed by atoms with van der Waals surface area (Å²) in [6.07, 6.45) is 0.747. The predicted molar refractivity (Wildman–Crippen MR) is 66.6 cm³/mol. The first-order chi connectivity index (χ1) is 7.88. The Bertz CT molecular complexity index is 478. The molecule has 0 bridgehead atoms. The fourth-order valence-corrected chi connectivity index (χ4v) is 2.03. The van der Waals surface area contributed by atoms with Crippen LogP contribution in [0.15, 0.2) is 6.07 Å². The minimum absolute atomic E-state index is 0.192. The SMILES string of the molecule is CCc1cc(C)c(C(=O)O)c(C)c1NC(C)=O. The second-order valence-corrected chi connectivity index (χ2v) is 4.07. The number of nitrogens with one attached hydrogen (secondary N) is 1. The average molecular weight is 235 g/mol. The molecule has 0 unspecified atom stereocenters. The lowest BCUT2D eigenvalue weighted by Crippen LogP contribution is -2.13. The number of anilines is 1. The van der Waals surface area contributed by atoms with Gasteiger partial charge in [-0.3, -0.25) is 4.79 Å². The highest BCUT2D eigenvalue weighted by atomic mass is 16.4. The van der Waals surface area contributed by atoms with Crippen LogP contribution in [0.4, 0.5) is 5.69 Å². The number of aryl methyl sites for hydroxylation is 2. The number of carboxylic acids is 1. The Morgan fingerprint density at radius 1 is 1.35 bits per heavy atom. The van der Waals surface area contributed by atoms with E-state index in [0.29, 0.717) is 11.3 Å². The van der Waals surface area contributed by atoms with Gasteiger partial charge in [0.05, 0.1) is 5.56 Å². The van der Waals surface area contributed by atoms with Crippen molar-refractivity contribution in [3.05, 3.63) is 28.3 Å². The number of carbonyl (C=O) groups is 2. The van der Waals surface area contributed by atoms with E-state index in [9.17, 15) is 9.59 Å². The smallest absolute Gasteiger partial charge is 0.336 e. The Morgan fingerprint density at radius 3 is 2.35 bits per heavy atom. The van der Waals surface area contributed by atoms with E-state index in [2.05, 4.69) is 5.32 Å². The molecule has 0 aliphatic heterocycles. The maximum Gasteiger partial charge on any atom is 0.336 e. The first-order valence-electron chi connectivity index (χ1n) is 5.52. The van der Waals surface area contributed by atoms with Gasteiger partial charge >= 0.3 is 5.97 Å². The van der Waals surface area contributed by atoms with Crippen molar-refractivity contribution < 1.29 is 14.7 Å². The summed E-state index contributed by atoms with van der Waals surface area (Å²) >= 11 is 0. The third kappa shape index (κ3) is 2.64. The number of hydrogen-bond donors (Lipinski definition) is 2. The molecule has 92 valence electrons. The minimum atomic E-state index is -0.964. The number of hydrogen-bond acceptors (Lipinski definition) is 2. The topological polar surface area (TPSA) is 66.4 Å². The molecule has 0 aliphatic rings. The van der Waals surface area contributed by atoms with Crippen molar-refractivity contribution >= 4 is 17.6 Å². The normalized spacial score (nSPS) is 10.1. The lowest BCUT2D eigenvalue weighted by Gasteiger charge is -2.16. The molecule has 0 aliphatic carbocycles. The molecule has 0 saturated heterocycles. The number of amides is 1. The second-order valence-electron chi connectivity index (χ2n) is 4.07. The van der Waals surface area contributed by atoms with Crippen molar-refractivity contribution in [1.29, 1.82) is 0 Å². The number of benzene rings is 1. The molecule has 0 heterocycles. The lowest BCUT2D eigenvalue weighted by atomic mass is 9.95. The summed E-state index contributed by atoms with van der Waals surface area (Å²) in [5.74, 6) is -1.16. The molecule has 4 heteroatoms. The summed E-state index contributed by atoms with van der Waals surface area (Å²) < 4.78 is 0. The van der Waals surface area contributed by atoms with Crippen molar-refractivity contribution in [1.82, 2.24) is 0 Å². The van der Waals surface area contributed by atoms with Crippen LogP contribution in [0.25, 0.3) is 0 Å². The molecular weight excluding hydrogens is 218 g/mol. The van der Waals surface area contributed by atoms with Gasteiger partial charge in [0.15, 0.2) is 0 Å². The van der Waals surface area contributed by atoms with Gasteiger partial charge in [0.2, 0.25) is 5.91 Å². The summed E-state index contributed by atoms with van der Waals surface area (Å²) in [5, 5.41) is 11.9. The number of rotatable bonds is 3. The van der Waals surface area contributed by atoms with Crippen molar-refractivity contribution in [2.24, 2.45) is 0 Å². The molecule has 0 aromatic heterocycles. The summed E-state index contributed by atoms with van der Waals surface area (Å²) in [6, 6.07) is 1.82. The molecule has 0 atom stereocenters. The van der Waals surface area contributed by atoms with E-state index in [4.69, 9.17) is 5.11 Å². The molecule has 1 amide bonds. The van der Waals surface area contributed by atoms with E-state index in [-0.39, 0.29) is 11.5 Å². The largest absolute Gasteiger partial charge is 0.478 e. The molecule has 1 aromatic carbocycles. The van der Waals surface area contributed by atoms with E-state index < -0.39 is 5.97 Å². The van der Waals surface area contributed by atoms with E-state index in [1.54, 1.807) is 13.8 Å². The van der Waals surface area contributed by atoms with Crippen LogP contribution in [0.1, 0.15) is 40.9 Å². The zero-order valence-electron chi connectivity index (χ0n) is 10.5. The molecule has 0 saturated carbocycles. The zero-order chi connectivity index (χ0) is 13.2. The lowest BCUT2D eigenvalue weighted by molar-refractivity contribution is -0.114. The van der Waals surface area contributed by atoms with Crippen LogP contribution in [-0.4, -0.2) is 17.0 Å². The van der Waals surface area contributed by atoms with Gasteiger partial charge in [-0.1, -0.05) is 13.0 Å². The van der Waals surface area contributed by atoms with Crippen LogP contribution in [0.5, 0.6) is 0 Å². The summed E-state index contributed by atoms with van der Waals surface area (Å²) in [7, 11) is 0. The molecule has 0 fully saturated rings. The number of carboxylic acid groups (broad SMARTS) is 1. The molecule has 0 radical (unpaired) electrons. The number of aromatic carboxylic acids is 1. The van der Waals surface area contributed by atoms with Crippen LogP contribution in [0.3, 0.4) is 0 Å². The van der Waals surface area contributed by atoms with Gasteiger partial charge < -0.3 is 10.4 Å². The van der Waals surface area contributed by atoms with Gasteiger partial charge in [-0.2, -0.15) is 0 Å². The van der Waals surface area contributed by atoms with Gasteiger partial charge in [0, 0.05) is 12.6 Å². The van der Waals surface area contributed by atoms with E-state index in [0.717, 1.165) is 17.5 Å². The van der Waals surface area contributed by atoms with Crippen LogP contribution in [0.2, 0.25) is 0 Å². The Labute approximate surface area is 101 Å². The maximum absolute atomic E-state index is 11.2. The van der Waals surface area contributed by atoms with E-state index in [1.165, 1.54) is 6.92 Å². The predicted octanol–water partition coefficient (Wildman–Crippen LogP) is 2.52.